The van der Waals surface area contributed by atoms with Gasteiger partial charge in [-0.25, -0.2) is 9.37 Å². The Balaban J connectivity index is 2.04. The van der Waals surface area contributed by atoms with Crippen LogP contribution in [0.2, 0.25) is 0 Å². The molecular formula is C13H15FN4O. The average molecular weight is 262 g/mol. The van der Waals surface area contributed by atoms with E-state index in [1.807, 2.05) is 16.5 Å². The van der Waals surface area contributed by atoms with Gasteiger partial charge in [0.1, 0.15) is 5.82 Å². The molecule has 1 N–H and O–H groups in total. The van der Waals surface area contributed by atoms with Crippen molar-refractivity contribution in [1.82, 2.24) is 14.9 Å². The molecule has 19 heavy (non-hydrogen) atoms. The van der Waals surface area contributed by atoms with Gasteiger partial charge in [0.2, 0.25) is 11.9 Å². The van der Waals surface area contributed by atoms with Gasteiger partial charge in [0, 0.05) is 20.1 Å². The molecule has 3 rings (SSSR count). The molecule has 5 nitrogen and oxygen atoms in total. The van der Waals surface area contributed by atoms with Gasteiger partial charge >= 0.3 is 0 Å². The van der Waals surface area contributed by atoms with Crippen LogP contribution in [-0.4, -0.2) is 35.1 Å². The minimum Gasteiger partial charge on any atom is -0.354 e. The van der Waals surface area contributed by atoms with E-state index >= 15 is 0 Å². The maximum atomic E-state index is 13.3. The fraction of sp³-hybridized carbons (Fsp3) is 0.385. The number of hydrogen-bond acceptors (Lipinski definition) is 3. The number of rotatable bonds is 1. The zero-order valence-electron chi connectivity index (χ0n) is 10.7. The molecule has 1 aliphatic heterocycles. The second kappa shape index (κ2) is 4.53. The van der Waals surface area contributed by atoms with Crippen LogP contribution in [0.25, 0.3) is 11.0 Å². The quantitative estimate of drug-likeness (QED) is 0.835. The van der Waals surface area contributed by atoms with Crippen LogP contribution in [-0.2, 0) is 11.8 Å². The molecule has 0 atom stereocenters. The molecule has 0 unspecified atom stereocenters. The number of imidazole rings is 1. The van der Waals surface area contributed by atoms with Gasteiger partial charge < -0.3 is 14.8 Å². The highest BCUT2D eigenvalue weighted by Crippen LogP contribution is 2.22. The number of carbonyl (C=O) groups is 1. The molecule has 0 radical (unpaired) electrons. The van der Waals surface area contributed by atoms with Crippen molar-refractivity contribution in [2.24, 2.45) is 7.05 Å². The van der Waals surface area contributed by atoms with Crippen molar-refractivity contribution in [2.75, 3.05) is 24.5 Å². The highest BCUT2D eigenvalue weighted by atomic mass is 19.1. The van der Waals surface area contributed by atoms with E-state index in [9.17, 15) is 9.18 Å². The second-order valence-corrected chi connectivity index (χ2v) is 4.73. The Bertz CT molecular complexity index is 637. The van der Waals surface area contributed by atoms with E-state index in [4.69, 9.17) is 0 Å². The summed E-state index contributed by atoms with van der Waals surface area (Å²) in [5, 5.41) is 2.83. The van der Waals surface area contributed by atoms with E-state index in [1.165, 1.54) is 12.1 Å². The molecule has 2 aromatic rings. The molecule has 1 fully saturated rings. The molecule has 1 amide bonds. The number of benzene rings is 1. The minimum absolute atomic E-state index is 0.00395. The number of aryl methyl sites for hydroxylation is 1. The summed E-state index contributed by atoms with van der Waals surface area (Å²) < 4.78 is 15.1. The average Bonchev–Trinajstić information content (AvgIpc) is 2.57. The monoisotopic (exact) mass is 262 g/mol. The fourth-order valence-electron chi connectivity index (χ4n) is 2.41. The molecule has 1 aliphatic rings. The Hall–Kier alpha value is -2.11. The van der Waals surface area contributed by atoms with Gasteiger partial charge in [-0.1, -0.05) is 0 Å². The molecule has 2 heterocycles. The molecule has 0 bridgehead atoms. The Morgan fingerprint density at radius 1 is 1.42 bits per heavy atom. The summed E-state index contributed by atoms with van der Waals surface area (Å²) in [4.78, 5) is 18.0. The second-order valence-electron chi connectivity index (χ2n) is 4.73. The first-order valence-corrected chi connectivity index (χ1v) is 6.29. The van der Waals surface area contributed by atoms with E-state index in [2.05, 4.69) is 10.3 Å². The molecule has 1 aromatic carbocycles. The summed E-state index contributed by atoms with van der Waals surface area (Å²) in [6.07, 6.45) is 0.878. The zero-order valence-corrected chi connectivity index (χ0v) is 10.7. The first-order valence-electron chi connectivity index (χ1n) is 6.29. The van der Waals surface area contributed by atoms with Crippen LogP contribution in [0.1, 0.15) is 6.42 Å². The summed E-state index contributed by atoms with van der Waals surface area (Å²) in [7, 11) is 1.84. The Morgan fingerprint density at radius 2 is 2.26 bits per heavy atom. The van der Waals surface area contributed by atoms with Gasteiger partial charge in [-0.2, -0.15) is 0 Å². The molecule has 0 saturated carbocycles. The molecule has 1 saturated heterocycles. The molecule has 1 aromatic heterocycles. The van der Waals surface area contributed by atoms with Crippen molar-refractivity contribution in [1.29, 1.82) is 0 Å². The third-order valence-corrected chi connectivity index (χ3v) is 3.36. The third-order valence-electron chi connectivity index (χ3n) is 3.36. The Morgan fingerprint density at radius 3 is 3.11 bits per heavy atom. The van der Waals surface area contributed by atoms with Crippen LogP contribution in [0.4, 0.5) is 10.3 Å². The van der Waals surface area contributed by atoms with Crippen LogP contribution >= 0.6 is 0 Å². The number of amides is 1. The predicted octanol–water partition coefficient (Wildman–Crippen LogP) is 1.04. The van der Waals surface area contributed by atoms with Crippen LogP contribution in [0.15, 0.2) is 18.2 Å². The third kappa shape index (κ3) is 2.14. The van der Waals surface area contributed by atoms with E-state index in [0.29, 0.717) is 19.0 Å². The minimum atomic E-state index is -0.282. The van der Waals surface area contributed by atoms with Crippen molar-refractivity contribution in [3.05, 3.63) is 24.0 Å². The van der Waals surface area contributed by atoms with Gasteiger partial charge in [-0.15, -0.1) is 0 Å². The van der Waals surface area contributed by atoms with Gasteiger partial charge in [0.15, 0.2) is 0 Å². The van der Waals surface area contributed by atoms with Crippen molar-refractivity contribution in [3.63, 3.8) is 0 Å². The van der Waals surface area contributed by atoms with Crippen molar-refractivity contribution < 1.29 is 9.18 Å². The lowest BCUT2D eigenvalue weighted by Gasteiger charge is -2.19. The maximum absolute atomic E-state index is 13.3. The lowest BCUT2D eigenvalue weighted by atomic mass is 10.3. The number of hydrogen-bond donors (Lipinski definition) is 1. The van der Waals surface area contributed by atoms with Crippen LogP contribution in [0.3, 0.4) is 0 Å². The fourth-order valence-corrected chi connectivity index (χ4v) is 2.41. The first kappa shape index (κ1) is 12.0. The van der Waals surface area contributed by atoms with Gasteiger partial charge in [-0.05, 0) is 24.6 Å². The molecular weight excluding hydrogens is 247 g/mol. The molecule has 100 valence electrons. The number of nitrogens with zero attached hydrogens (tertiary/aromatic N) is 3. The highest BCUT2D eigenvalue weighted by Gasteiger charge is 2.20. The van der Waals surface area contributed by atoms with Crippen LogP contribution in [0.5, 0.6) is 0 Å². The van der Waals surface area contributed by atoms with Crippen molar-refractivity contribution in [3.8, 4) is 0 Å². The van der Waals surface area contributed by atoms with Gasteiger partial charge in [0.25, 0.3) is 0 Å². The number of nitrogens with one attached hydrogen (secondary N) is 1. The number of fused-ring (bicyclic) bond motifs is 1. The molecule has 0 spiro atoms. The molecule has 0 aliphatic carbocycles. The van der Waals surface area contributed by atoms with E-state index in [1.54, 1.807) is 6.07 Å². The lowest BCUT2D eigenvalue weighted by molar-refractivity contribution is -0.119. The predicted molar refractivity (Wildman–Crippen MR) is 70.5 cm³/mol. The van der Waals surface area contributed by atoms with Crippen molar-refractivity contribution >= 4 is 22.9 Å². The topological polar surface area (TPSA) is 50.2 Å². The smallest absolute Gasteiger partial charge is 0.239 e. The highest BCUT2D eigenvalue weighted by molar-refractivity contribution is 5.83. The standard InChI is InChI=1S/C13H15FN4O/c1-17-11-7-9(14)3-4-10(11)16-13(17)18-6-2-5-15-12(19)8-18/h3-4,7H,2,5-6,8H2,1H3,(H,15,19). The SMILES string of the molecule is Cn1c(N2CCCNC(=O)C2)nc2ccc(F)cc21. The maximum Gasteiger partial charge on any atom is 0.239 e. The largest absolute Gasteiger partial charge is 0.354 e. The number of carbonyl (C=O) groups excluding carboxylic acids is 1. The van der Waals surface area contributed by atoms with Crippen LogP contribution < -0.4 is 10.2 Å². The van der Waals surface area contributed by atoms with Crippen molar-refractivity contribution in [2.45, 2.75) is 6.42 Å². The summed E-state index contributed by atoms with van der Waals surface area (Å²) in [5.41, 5.74) is 1.48. The van der Waals surface area contributed by atoms with Crippen LogP contribution in [0, 0.1) is 5.82 Å². The van der Waals surface area contributed by atoms with E-state index in [-0.39, 0.29) is 11.7 Å². The van der Waals surface area contributed by atoms with E-state index in [0.717, 1.165) is 24.0 Å². The normalized spacial score (nSPS) is 16.5. The zero-order chi connectivity index (χ0) is 13.4. The number of aromatic nitrogens is 2. The summed E-state index contributed by atoms with van der Waals surface area (Å²) in [6.45, 7) is 1.74. The summed E-state index contributed by atoms with van der Waals surface area (Å²) in [5.74, 6) is 0.420. The van der Waals surface area contributed by atoms with Gasteiger partial charge in [-0.3, -0.25) is 4.79 Å². The summed E-state index contributed by atoms with van der Waals surface area (Å²) >= 11 is 0. The number of halogens is 1. The summed E-state index contributed by atoms with van der Waals surface area (Å²) in [6, 6.07) is 4.52. The molecule has 6 heteroatoms. The van der Waals surface area contributed by atoms with E-state index < -0.39 is 0 Å². The van der Waals surface area contributed by atoms with Gasteiger partial charge in [0.05, 0.1) is 17.6 Å². The number of anilines is 1. The lowest BCUT2D eigenvalue weighted by Crippen LogP contribution is -2.34. The first-order chi connectivity index (χ1) is 9.15. The Kier molecular flexibility index (Phi) is 2.85. The Labute approximate surface area is 110 Å².